The van der Waals surface area contributed by atoms with E-state index in [2.05, 4.69) is 21.8 Å². The zero-order valence-electron chi connectivity index (χ0n) is 8.00. The maximum absolute atomic E-state index is 8.92. The van der Waals surface area contributed by atoms with Gasteiger partial charge in [-0.1, -0.05) is 5.92 Å². The molecule has 0 bridgehead atoms. The second-order valence-electron chi connectivity index (χ2n) is 2.92. The molecule has 0 spiro atoms. The van der Waals surface area contributed by atoms with E-state index < -0.39 is 6.10 Å². The molecule has 0 radical (unpaired) electrons. The number of hydrogen-bond acceptors (Lipinski definition) is 3. The highest BCUT2D eigenvalue weighted by Gasteiger charge is 1.95. The molecule has 0 aliphatic heterocycles. The smallest absolute Gasteiger partial charge is 0.205 e. The Morgan fingerprint density at radius 3 is 2.31 bits per heavy atom. The molecule has 0 aliphatic carbocycles. The van der Waals surface area contributed by atoms with Crippen LogP contribution in [0.15, 0.2) is 6.07 Å². The van der Waals surface area contributed by atoms with Crippen LogP contribution in [-0.4, -0.2) is 21.2 Å². The van der Waals surface area contributed by atoms with Crippen molar-refractivity contribution in [3.05, 3.63) is 23.3 Å². The minimum absolute atomic E-state index is 0.471. The Balaban J connectivity index is 2.98. The molecular weight excluding hydrogens is 164 g/mol. The van der Waals surface area contributed by atoms with Crippen LogP contribution in [0.25, 0.3) is 0 Å². The quantitative estimate of drug-likeness (QED) is 0.595. The minimum atomic E-state index is -0.635. The Kier molecular flexibility index (Phi) is 2.99. The number of nitrogens with zero attached hydrogens (tertiary/aromatic N) is 2. The Hall–Kier alpha value is -1.40. The third-order valence-corrected chi connectivity index (χ3v) is 1.38. The molecule has 0 unspecified atom stereocenters. The summed E-state index contributed by atoms with van der Waals surface area (Å²) in [6.45, 7) is 5.39. The lowest BCUT2D eigenvalue weighted by atomic mass is 10.3. The number of aliphatic hydroxyl groups is 1. The topological polar surface area (TPSA) is 46.0 Å². The summed E-state index contributed by atoms with van der Waals surface area (Å²) in [7, 11) is 0. The molecule has 1 atom stereocenters. The van der Waals surface area contributed by atoms with Gasteiger partial charge in [0.1, 0.15) is 6.10 Å². The second-order valence-corrected chi connectivity index (χ2v) is 2.92. The largest absolute Gasteiger partial charge is 0.381 e. The van der Waals surface area contributed by atoms with Gasteiger partial charge < -0.3 is 5.11 Å². The third-order valence-electron chi connectivity index (χ3n) is 1.38. The van der Waals surface area contributed by atoms with Crippen molar-refractivity contribution in [2.45, 2.75) is 26.9 Å². The first-order valence-corrected chi connectivity index (χ1v) is 4.10. The van der Waals surface area contributed by atoms with E-state index in [0.29, 0.717) is 5.82 Å². The summed E-state index contributed by atoms with van der Waals surface area (Å²) in [6.07, 6.45) is -0.635. The fourth-order valence-corrected chi connectivity index (χ4v) is 0.951. The van der Waals surface area contributed by atoms with Crippen LogP contribution >= 0.6 is 0 Å². The van der Waals surface area contributed by atoms with Crippen LogP contribution in [0.4, 0.5) is 0 Å². The van der Waals surface area contributed by atoms with E-state index in [9.17, 15) is 0 Å². The molecule has 1 heterocycles. The first kappa shape index (κ1) is 9.69. The Labute approximate surface area is 77.9 Å². The Bertz CT molecular complexity index is 341. The lowest BCUT2D eigenvalue weighted by molar-refractivity contribution is 0.253. The Morgan fingerprint density at radius 1 is 1.31 bits per heavy atom. The average Bonchev–Trinajstić information content (AvgIpc) is 1.99. The molecule has 1 aromatic rings. The van der Waals surface area contributed by atoms with Crippen LogP contribution in [0.2, 0.25) is 0 Å². The van der Waals surface area contributed by atoms with Crippen molar-refractivity contribution < 1.29 is 5.11 Å². The van der Waals surface area contributed by atoms with E-state index in [1.54, 1.807) is 6.92 Å². The van der Waals surface area contributed by atoms with Crippen molar-refractivity contribution in [1.29, 1.82) is 0 Å². The molecule has 3 heteroatoms. The molecule has 0 aliphatic rings. The van der Waals surface area contributed by atoms with Crippen LogP contribution in [0.5, 0.6) is 0 Å². The fraction of sp³-hybridized carbons (Fsp3) is 0.400. The molecular formula is C10H12N2O. The van der Waals surface area contributed by atoms with Gasteiger partial charge >= 0.3 is 0 Å². The number of aliphatic hydroxyl groups excluding tert-OH is 1. The van der Waals surface area contributed by atoms with Crippen LogP contribution in [-0.2, 0) is 0 Å². The average molecular weight is 176 g/mol. The molecule has 3 nitrogen and oxygen atoms in total. The SMILES string of the molecule is Cc1cc(C)nc(C#C[C@@H](C)O)n1. The van der Waals surface area contributed by atoms with Gasteiger partial charge in [-0.25, -0.2) is 9.97 Å². The van der Waals surface area contributed by atoms with Gasteiger partial charge in [0.05, 0.1) is 0 Å². The van der Waals surface area contributed by atoms with E-state index in [4.69, 9.17) is 5.11 Å². The molecule has 68 valence electrons. The van der Waals surface area contributed by atoms with Gasteiger partial charge in [0, 0.05) is 11.4 Å². The first-order valence-electron chi connectivity index (χ1n) is 4.10. The van der Waals surface area contributed by atoms with E-state index in [-0.39, 0.29) is 0 Å². The van der Waals surface area contributed by atoms with E-state index in [1.807, 2.05) is 19.9 Å². The molecule has 0 amide bonds. The first-order chi connectivity index (χ1) is 6.08. The number of aromatic nitrogens is 2. The molecule has 0 aromatic carbocycles. The summed E-state index contributed by atoms with van der Waals surface area (Å²) in [5.74, 6) is 5.77. The lowest BCUT2D eigenvalue weighted by Crippen LogP contribution is -1.97. The zero-order chi connectivity index (χ0) is 9.84. The van der Waals surface area contributed by atoms with Crippen molar-refractivity contribution in [2.75, 3.05) is 0 Å². The van der Waals surface area contributed by atoms with Gasteiger partial charge in [-0.05, 0) is 32.8 Å². The molecule has 1 N–H and O–H groups in total. The highest BCUT2D eigenvalue weighted by Crippen LogP contribution is 1.97. The predicted octanol–water partition coefficient (Wildman–Crippen LogP) is 0.826. The summed E-state index contributed by atoms with van der Waals surface area (Å²) in [4.78, 5) is 8.22. The van der Waals surface area contributed by atoms with Gasteiger partial charge in [-0.2, -0.15) is 0 Å². The van der Waals surface area contributed by atoms with E-state index in [0.717, 1.165) is 11.4 Å². The maximum atomic E-state index is 8.92. The number of rotatable bonds is 0. The van der Waals surface area contributed by atoms with Gasteiger partial charge in [-0.3, -0.25) is 0 Å². The standard InChI is InChI=1S/C10H12N2O/c1-7-6-8(2)12-10(11-7)5-4-9(3)13/h6,9,13H,1-3H3/t9-/m1/s1. The fourth-order valence-electron chi connectivity index (χ4n) is 0.951. The maximum Gasteiger partial charge on any atom is 0.205 e. The van der Waals surface area contributed by atoms with Gasteiger partial charge in [0.25, 0.3) is 0 Å². The molecule has 0 fully saturated rings. The van der Waals surface area contributed by atoms with Crippen molar-refractivity contribution in [1.82, 2.24) is 9.97 Å². The predicted molar refractivity (Wildman–Crippen MR) is 50.1 cm³/mol. The van der Waals surface area contributed by atoms with Crippen LogP contribution in [0, 0.1) is 25.7 Å². The molecule has 13 heavy (non-hydrogen) atoms. The number of aryl methyl sites for hydroxylation is 2. The number of hydrogen-bond donors (Lipinski definition) is 1. The molecule has 0 saturated heterocycles. The summed E-state index contributed by atoms with van der Waals surface area (Å²) in [5, 5.41) is 8.92. The van der Waals surface area contributed by atoms with Crippen molar-refractivity contribution in [2.24, 2.45) is 0 Å². The van der Waals surface area contributed by atoms with Gasteiger partial charge in [0.15, 0.2) is 0 Å². The monoisotopic (exact) mass is 176 g/mol. The highest BCUT2D eigenvalue weighted by molar-refractivity contribution is 5.24. The Morgan fingerprint density at radius 2 is 1.85 bits per heavy atom. The van der Waals surface area contributed by atoms with Gasteiger partial charge in [0.2, 0.25) is 5.82 Å². The third kappa shape index (κ3) is 3.22. The summed E-state index contributed by atoms with van der Waals surface area (Å²) in [6, 6.07) is 1.88. The van der Waals surface area contributed by atoms with E-state index >= 15 is 0 Å². The minimum Gasteiger partial charge on any atom is -0.381 e. The van der Waals surface area contributed by atoms with Crippen LogP contribution in [0.1, 0.15) is 24.1 Å². The van der Waals surface area contributed by atoms with E-state index in [1.165, 1.54) is 0 Å². The van der Waals surface area contributed by atoms with Crippen molar-refractivity contribution in [3.8, 4) is 11.8 Å². The van der Waals surface area contributed by atoms with Crippen molar-refractivity contribution >= 4 is 0 Å². The van der Waals surface area contributed by atoms with Crippen molar-refractivity contribution in [3.63, 3.8) is 0 Å². The summed E-state index contributed by atoms with van der Waals surface area (Å²) < 4.78 is 0. The zero-order valence-corrected chi connectivity index (χ0v) is 8.00. The van der Waals surface area contributed by atoms with Gasteiger partial charge in [-0.15, -0.1) is 0 Å². The summed E-state index contributed by atoms with van der Waals surface area (Å²) >= 11 is 0. The second kappa shape index (κ2) is 4.01. The molecule has 1 aromatic heterocycles. The summed E-state index contributed by atoms with van der Waals surface area (Å²) in [5.41, 5.74) is 1.78. The highest BCUT2D eigenvalue weighted by atomic mass is 16.3. The molecule has 0 saturated carbocycles. The normalized spacial score (nSPS) is 11.7. The molecule has 1 rings (SSSR count). The van der Waals surface area contributed by atoms with Crippen LogP contribution in [0.3, 0.4) is 0 Å². The van der Waals surface area contributed by atoms with Crippen LogP contribution < -0.4 is 0 Å². The lowest BCUT2D eigenvalue weighted by Gasteiger charge is -1.95.